The third-order valence-electron chi connectivity index (χ3n) is 4.02. The highest BCUT2D eigenvalue weighted by molar-refractivity contribution is 5.94. The molecule has 1 amide bonds. The second-order valence-corrected chi connectivity index (χ2v) is 5.75. The fourth-order valence-electron chi connectivity index (χ4n) is 2.63. The molecule has 1 saturated carbocycles. The van der Waals surface area contributed by atoms with Gasteiger partial charge in [-0.05, 0) is 43.5 Å². The van der Waals surface area contributed by atoms with Crippen molar-refractivity contribution in [2.75, 3.05) is 6.61 Å². The van der Waals surface area contributed by atoms with E-state index in [-0.39, 0.29) is 30.4 Å². The van der Waals surface area contributed by atoms with Gasteiger partial charge in [0.2, 0.25) is 0 Å². The minimum atomic E-state index is -0.0440. The summed E-state index contributed by atoms with van der Waals surface area (Å²) >= 11 is 0. The van der Waals surface area contributed by atoms with E-state index >= 15 is 0 Å². The summed E-state index contributed by atoms with van der Waals surface area (Å²) in [5, 5.41) is 3.05. The zero-order valence-electron chi connectivity index (χ0n) is 13.2. The van der Waals surface area contributed by atoms with Gasteiger partial charge < -0.3 is 15.8 Å². The van der Waals surface area contributed by atoms with E-state index in [1.54, 1.807) is 0 Å². The van der Waals surface area contributed by atoms with Crippen LogP contribution in [0.2, 0.25) is 0 Å². The Morgan fingerprint density at radius 1 is 1.27 bits per heavy atom. The number of rotatable bonds is 6. The normalized spacial score (nSPS) is 20.8. The van der Waals surface area contributed by atoms with E-state index in [4.69, 9.17) is 10.5 Å². The van der Waals surface area contributed by atoms with E-state index in [1.807, 2.05) is 24.3 Å². The van der Waals surface area contributed by atoms with E-state index in [9.17, 15) is 4.79 Å². The molecule has 5 heteroatoms. The fraction of sp³-hybridized carbons (Fsp3) is 0.588. The monoisotopic (exact) mass is 326 g/mol. The van der Waals surface area contributed by atoms with Crippen LogP contribution in [0.25, 0.3) is 0 Å². The molecule has 0 spiro atoms. The summed E-state index contributed by atoms with van der Waals surface area (Å²) in [7, 11) is 0. The summed E-state index contributed by atoms with van der Waals surface area (Å²) in [5.74, 6) is 0.770. The summed E-state index contributed by atoms with van der Waals surface area (Å²) in [6.45, 7) is 2.85. The third kappa shape index (κ3) is 5.50. The zero-order chi connectivity index (χ0) is 15.1. The van der Waals surface area contributed by atoms with E-state index in [1.165, 1.54) is 0 Å². The van der Waals surface area contributed by atoms with Crippen molar-refractivity contribution < 1.29 is 9.53 Å². The molecule has 1 fully saturated rings. The van der Waals surface area contributed by atoms with Crippen molar-refractivity contribution in [2.24, 2.45) is 5.73 Å². The number of carbonyl (C=O) groups excluding carboxylic acids is 1. The van der Waals surface area contributed by atoms with Crippen LogP contribution in [0.3, 0.4) is 0 Å². The highest BCUT2D eigenvalue weighted by Gasteiger charge is 2.23. The first kappa shape index (κ1) is 18.8. The molecule has 1 aliphatic carbocycles. The second-order valence-electron chi connectivity index (χ2n) is 5.75. The van der Waals surface area contributed by atoms with Gasteiger partial charge in [-0.1, -0.05) is 26.2 Å². The quantitative estimate of drug-likeness (QED) is 0.788. The number of nitrogens with one attached hydrogen (secondary N) is 1. The van der Waals surface area contributed by atoms with E-state index < -0.39 is 0 Å². The van der Waals surface area contributed by atoms with Crippen molar-refractivity contribution in [1.82, 2.24) is 5.32 Å². The molecule has 0 heterocycles. The average Bonchev–Trinajstić information content (AvgIpc) is 2.50. The van der Waals surface area contributed by atoms with E-state index in [2.05, 4.69) is 12.2 Å². The summed E-state index contributed by atoms with van der Waals surface area (Å²) in [5.41, 5.74) is 6.73. The van der Waals surface area contributed by atoms with Crippen LogP contribution in [0.5, 0.6) is 5.75 Å². The van der Waals surface area contributed by atoms with Gasteiger partial charge in [0.1, 0.15) is 5.75 Å². The highest BCUT2D eigenvalue weighted by atomic mass is 35.5. The number of unbranched alkanes of at least 4 members (excludes halogenated alkanes) is 1. The number of ether oxygens (including phenoxy) is 1. The van der Waals surface area contributed by atoms with Crippen LogP contribution in [0, 0.1) is 0 Å². The highest BCUT2D eigenvalue weighted by Crippen LogP contribution is 2.18. The van der Waals surface area contributed by atoms with Crippen molar-refractivity contribution >= 4 is 18.3 Å². The second kappa shape index (κ2) is 9.70. The smallest absolute Gasteiger partial charge is 0.251 e. The summed E-state index contributed by atoms with van der Waals surface area (Å²) in [4.78, 5) is 12.2. The summed E-state index contributed by atoms with van der Waals surface area (Å²) in [6, 6.07) is 7.51. The predicted octanol–water partition coefficient (Wildman–Crippen LogP) is 3.29. The molecule has 4 nitrogen and oxygen atoms in total. The lowest BCUT2D eigenvalue weighted by atomic mass is 9.91. The minimum absolute atomic E-state index is 0. The zero-order valence-corrected chi connectivity index (χ0v) is 14.0. The van der Waals surface area contributed by atoms with E-state index in [0.717, 1.165) is 50.9 Å². The number of halogens is 1. The van der Waals surface area contributed by atoms with Crippen LogP contribution in [0.15, 0.2) is 24.3 Å². The standard InChI is InChI=1S/C17H26N2O2.ClH/c1-2-3-12-21-14-10-8-13(9-11-14)17(20)19-16-7-5-4-6-15(16)18;/h8-11,15-16H,2-7,12,18H2,1H3,(H,19,20);1H. The summed E-state index contributed by atoms with van der Waals surface area (Å²) in [6.07, 6.45) is 6.43. The van der Waals surface area contributed by atoms with Gasteiger partial charge >= 0.3 is 0 Å². The SMILES string of the molecule is CCCCOc1ccc(C(=O)NC2CCCCC2N)cc1.Cl. The molecule has 0 aliphatic heterocycles. The van der Waals surface area contributed by atoms with Crippen LogP contribution in [0.4, 0.5) is 0 Å². The van der Waals surface area contributed by atoms with Crippen molar-refractivity contribution in [1.29, 1.82) is 0 Å². The Kier molecular flexibility index (Phi) is 8.28. The number of hydrogen-bond donors (Lipinski definition) is 2. The number of nitrogens with two attached hydrogens (primary N) is 1. The van der Waals surface area contributed by atoms with Gasteiger partial charge in [-0.15, -0.1) is 12.4 Å². The fourth-order valence-corrected chi connectivity index (χ4v) is 2.63. The molecule has 2 rings (SSSR count). The van der Waals surface area contributed by atoms with Crippen LogP contribution >= 0.6 is 12.4 Å². The molecule has 2 unspecified atom stereocenters. The van der Waals surface area contributed by atoms with Gasteiger partial charge in [0.25, 0.3) is 5.91 Å². The van der Waals surface area contributed by atoms with E-state index in [0.29, 0.717) is 5.56 Å². The Hall–Kier alpha value is -1.26. The Morgan fingerprint density at radius 2 is 1.95 bits per heavy atom. The molecule has 1 aliphatic rings. The number of benzene rings is 1. The van der Waals surface area contributed by atoms with Gasteiger partial charge in [-0.2, -0.15) is 0 Å². The molecule has 0 radical (unpaired) electrons. The molecule has 3 N–H and O–H groups in total. The summed E-state index contributed by atoms with van der Waals surface area (Å²) < 4.78 is 5.60. The lowest BCUT2D eigenvalue weighted by molar-refractivity contribution is 0.0921. The van der Waals surface area contributed by atoms with Crippen LogP contribution in [0.1, 0.15) is 55.8 Å². The molecule has 0 bridgehead atoms. The Balaban J connectivity index is 0.00000242. The first-order chi connectivity index (χ1) is 10.2. The van der Waals surface area contributed by atoms with Crippen LogP contribution in [-0.2, 0) is 0 Å². The molecule has 1 aromatic rings. The molecule has 1 aromatic carbocycles. The maximum atomic E-state index is 12.2. The average molecular weight is 327 g/mol. The number of hydrogen-bond acceptors (Lipinski definition) is 3. The van der Waals surface area contributed by atoms with Gasteiger partial charge in [-0.3, -0.25) is 4.79 Å². The Morgan fingerprint density at radius 3 is 2.59 bits per heavy atom. The van der Waals surface area contributed by atoms with Crippen molar-refractivity contribution in [3.05, 3.63) is 29.8 Å². The van der Waals surface area contributed by atoms with Crippen molar-refractivity contribution in [2.45, 2.75) is 57.5 Å². The number of carbonyl (C=O) groups is 1. The Labute approximate surface area is 139 Å². The maximum Gasteiger partial charge on any atom is 0.251 e. The lowest BCUT2D eigenvalue weighted by Crippen LogP contribution is -2.49. The van der Waals surface area contributed by atoms with Crippen LogP contribution in [-0.4, -0.2) is 24.6 Å². The molecule has 124 valence electrons. The van der Waals surface area contributed by atoms with Gasteiger partial charge in [0.15, 0.2) is 0 Å². The lowest BCUT2D eigenvalue weighted by Gasteiger charge is -2.29. The first-order valence-corrected chi connectivity index (χ1v) is 8.00. The topological polar surface area (TPSA) is 64.3 Å². The third-order valence-corrected chi connectivity index (χ3v) is 4.02. The predicted molar refractivity (Wildman–Crippen MR) is 91.8 cm³/mol. The molecule has 2 atom stereocenters. The minimum Gasteiger partial charge on any atom is -0.494 e. The van der Waals surface area contributed by atoms with Gasteiger partial charge in [0.05, 0.1) is 6.61 Å². The first-order valence-electron chi connectivity index (χ1n) is 8.00. The maximum absolute atomic E-state index is 12.2. The number of amides is 1. The molecular weight excluding hydrogens is 300 g/mol. The van der Waals surface area contributed by atoms with Crippen molar-refractivity contribution in [3.8, 4) is 5.75 Å². The molecule has 22 heavy (non-hydrogen) atoms. The molecule has 0 saturated heterocycles. The van der Waals surface area contributed by atoms with Crippen LogP contribution < -0.4 is 15.8 Å². The van der Waals surface area contributed by atoms with Gasteiger partial charge in [-0.25, -0.2) is 0 Å². The largest absolute Gasteiger partial charge is 0.494 e. The van der Waals surface area contributed by atoms with Gasteiger partial charge in [0, 0.05) is 17.6 Å². The van der Waals surface area contributed by atoms with Crippen molar-refractivity contribution in [3.63, 3.8) is 0 Å². The Bertz CT molecular complexity index is 450. The molecule has 0 aromatic heterocycles. The molecular formula is C17H27ClN2O2.